The largest absolute Gasteiger partial charge is 0.454 e. The molecule has 2 atom stereocenters. The molecule has 2 aromatic rings. The fourth-order valence-corrected chi connectivity index (χ4v) is 3.62. The van der Waals surface area contributed by atoms with E-state index in [0.717, 1.165) is 30.4 Å². The highest BCUT2D eigenvalue weighted by Gasteiger charge is 2.23. The summed E-state index contributed by atoms with van der Waals surface area (Å²) in [7, 11) is 0. The zero-order chi connectivity index (χ0) is 21.0. The van der Waals surface area contributed by atoms with E-state index >= 15 is 0 Å². The number of hydrogen-bond acceptors (Lipinski definition) is 6. The summed E-state index contributed by atoms with van der Waals surface area (Å²) in [5.74, 6) is -1.62. The van der Waals surface area contributed by atoms with Crippen molar-refractivity contribution in [1.82, 2.24) is 15.1 Å². The first kappa shape index (κ1) is 20.5. The van der Waals surface area contributed by atoms with Gasteiger partial charge in [-0.05, 0) is 24.8 Å². The highest BCUT2D eigenvalue weighted by Crippen LogP contribution is 2.23. The maximum Gasteiger partial charge on any atom is 0.328 e. The Morgan fingerprint density at radius 2 is 1.90 bits per heavy atom. The summed E-state index contributed by atoms with van der Waals surface area (Å²) in [6.45, 7) is 1.12. The molecule has 9 heteroatoms. The zero-order valence-electron chi connectivity index (χ0n) is 16.2. The molecule has 154 valence electrons. The third-order valence-electron chi connectivity index (χ3n) is 5.20. The monoisotopic (exact) mass is 400 g/mol. The highest BCUT2D eigenvalue weighted by atomic mass is 16.5. The van der Waals surface area contributed by atoms with Gasteiger partial charge in [-0.15, -0.1) is 0 Å². The number of primary amides is 1. The molecule has 0 unspecified atom stereocenters. The van der Waals surface area contributed by atoms with Crippen molar-refractivity contribution in [2.45, 2.75) is 45.2 Å². The van der Waals surface area contributed by atoms with Crippen molar-refractivity contribution in [3.8, 4) is 0 Å². The van der Waals surface area contributed by atoms with Crippen LogP contribution in [0.3, 0.4) is 0 Å². The minimum Gasteiger partial charge on any atom is -0.454 e. The lowest BCUT2D eigenvalue weighted by atomic mass is 9.86. The number of nitrogens with zero attached hydrogens (tertiary/aromatic N) is 2. The van der Waals surface area contributed by atoms with E-state index < -0.39 is 30.6 Å². The lowest BCUT2D eigenvalue weighted by Gasteiger charge is -2.29. The van der Waals surface area contributed by atoms with Crippen molar-refractivity contribution in [3.05, 3.63) is 40.3 Å². The molecule has 9 nitrogen and oxygen atoms in total. The summed E-state index contributed by atoms with van der Waals surface area (Å²) in [6, 6.07) is 6.45. The van der Waals surface area contributed by atoms with Gasteiger partial charge in [-0.25, -0.2) is 4.68 Å². The van der Waals surface area contributed by atoms with E-state index in [1.807, 2.05) is 0 Å². The standard InChI is InChI=1S/C20H24N4O5/c1-12-6-2-5-9-15(12)22-16(25)11-29-17(26)10-24-20(28)14-8-4-3-7-13(14)18(23-24)19(21)27/h3-4,7-8,12,15H,2,5-6,9-11H2,1H3,(H2,21,27)(H,22,25)/t12-,15-/m0/s1. The van der Waals surface area contributed by atoms with Crippen LogP contribution < -0.4 is 16.6 Å². The molecule has 1 aromatic heterocycles. The number of carbonyl (C=O) groups excluding carboxylic acids is 3. The van der Waals surface area contributed by atoms with E-state index in [1.54, 1.807) is 18.2 Å². The molecule has 1 aromatic carbocycles. The Morgan fingerprint density at radius 1 is 1.21 bits per heavy atom. The number of fused-ring (bicyclic) bond motifs is 1. The molecule has 1 saturated carbocycles. The van der Waals surface area contributed by atoms with Gasteiger partial charge < -0.3 is 15.8 Å². The fourth-order valence-electron chi connectivity index (χ4n) is 3.62. The smallest absolute Gasteiger partial charge is 0.328 e. The van der Waals surface area contributed by atoms with Crippen LogP contribution in [0, 0.1) is 5.92 Å². The number of carbonyl (C=O) groups is 3. The van der Waals surface area contributed by atoms with Crippen LogP contribution in [0.2, 0.25) is 0 Å². The maximum absolute atomic E-state index is 12.5. The van der Waals surface area contributed by atoms with Gasteiger partial charge in [-0.2, -0.15) is 5.10 Å². The predicted octanol–water partition coefficient (Wildman–Crippen LogP) is 0.734. The summed E-state index contributed by atoms with van der Waals surface area (Å²) < 4.78 is 5.81. The van der Waals surface area contributed by atoms with Crippen molar-refractivity contribution in [2.75, 3.05) is 6.61 Å². The van der Waals surface area contributed by atoms with Crippen LogP contribution in [0.5, 0.6) is 0 Å². The molecular formula is C20H24N4O5. The molecule has 0 spiro atoms. The van der Waals surface area contributed by atoms with Gasteiger partial charge in [0.2, 0.25) is 0 Å². The van der Waals surface area contributed by atoms with E-state index in [2.05, 4.69) is 17.3 Å². The van der Waals surface area contributed by atoms with E-state index in [9.17, 15) is 19.2 Å². The van der Waals surface area contributed by atoms with E-state index in [0.29, 0.717) is 11.3 Å². The zero-order valence-corrected chi connectivity index (χ0v) is 16.2. The van der Waals surface area contributed by atoms with Crippen LogP contribution in [0.15, 0.2) is 29.1 Å². The summed E-state index contributed by atoms with van der Waals surface area (Å²) >= 11 is 0. The third-order valence-corrected chi connectivity index (χ3v) is 5.20. The molecular weight excluding hydrogens is 376 g/mol. The van der Waals surface area contributed by atoms with Crippen molar-refractivity contribution in [3.63, 3.8) is 0 Å². The second kappa shape index (κ2) is 8.85. The first-order chi connectivity index (χ1) is 13.9. The van der Waals surface area contributed by atoms with Gasteiger partial charge >= 0.3 is 5.97 Å². The Hall–Kier alpha value is -3.23. The summed E-state index contributed by atoms with van der Waals surface area (Å²) in [4.78, 5) is 48.4. The molecule has 1 heterocycles. The first-order valence-corrected chi connectivity index (χ1v) is 9.61. The molecule has 0 bridgehead atoms. The van der Waals surface area contributed by atoms with Gasteiger partial charge in [-0.1, -0.05) is 38.0 Å². The first-order valence-electron chi connectivity index (χ1n) is 9.61. The van der Waals surface area contributed by atoms with Crippen molar-refractivity contribution in [1.29, 1.82) is 0 Å². The number of hydrogen-bond donors (Lipinski definition) is 2. The van der Waals surface area contributed by atoms with Crippen LogP contribution in [0.4, 0.5) is 0 Å². The maximum atomic E-state index is 12.5. The molecule has 0 aliphatic heterocycles. The fraction of sp³-hybridized carbons (Fsp3) is 0.450. The second-order valence-electron chi connectivity index (χ2n) is 7.32. The summed E-state index contributed by atoms with van der Waals surface area (Å²) in [6.07, 6.45) is 4.19. The van der Waals surface area contributed by atoms with E-state index in [1.165, 1.54) is 6.07 Å². The van der Waals surface area contributed by atoms with Crippen molar-refractivity contribution in [2.24, 2.45) is 11.7 Å². The second-order valence-corrected chi connectivity index (χ2v) is 7.32. The Labute approximate surface area is 167 Å². The number of amides is 2. The van der Waals surface area contributed by atoms with Crippen LogP contribution >= 0.6 is 0 Å². The average Bonchev–Trinajstić information content (AvgIpc) is 2.70. The number of benzene rings is 1. The molecule has 2 amide bonds. The summed E-state index contributed by atoms with van der Waals surface area (Å²) in [5, 5.41) is 7.32. The number of esters is 1. The lowest BCUT2D eigenvalue weighted by molar-refractivity contribution is -0.149. The van der Waals surface area contributed by atoms with Crippen molar-refractivity contribution >= 4 is 28.6 Å². The predicted molar refractivity (Wildman–Crippen MR) is 105 cm³/mol. The molecule has 1 aliphatic rings. The van der Waals surface area contributed by atoms with Gasteiger partial charge in [0, 0.05) is 11.4 Å². The van der Waals surface area contributed by atoms with Gasteiger partial charge in [0.15, 0.2) is 12.3 Å². The normalized spacial score (nSPS) is 18.9. The SMILES string of the molecule is C[C@H]1CCCC[C@@H]1NC(=O)COC(=O)Cn1nc(C(N)=O)c2ccccc2c1=O. The van der Waals surface area contributed by atoms with Crippen LogP contribution in [0.25, 0.3) is 10.8 Å². The Balaban J connectivity index is 1.65. The minimum atomic E-state index is -0.815. The lowest BCUT2D eigenvalue weighted by Crippen LogP contribution is -2.43. The minimum absolute atomic E-state index is 0.0813. The topological polar surface area (TPSA) is 133 Å². The highest BCUT2D eigenvalue weighted by molar-refractivity contribution is 6.04. The van der Waals surface area contributed by atoms with Gasteiger partial charge in [0.05, 0.1) is 5.39 Å². The number of rotatable bonds is 6. The quantitative estimate of drug-likeness (QED) is 0.687. The number of nitrogens with one attached hydrogen (secondary N) is 1. The van der Waals surface area contributed by atoms with Gasteiger partial charge in [-0.3, -0.25) is 19.2 Å². The molecule has 3 rings (SSSR count). The molecule has 3 N–H and O–H groups in total. The molecule has 0 radical (unpaired) electrons. The van der Waals surface area contributed by atoms with Crippen molar-refractivity contribution < 1.29 is 19.1 Å². The van der Waals surface area contributed by atoms with Gasteiger partial charge in [0.25, 0.3) is 17.4 Å². The number of aromatic nitrogens is 2. The molecule has 1 fully saturated rings. The number of nitrogens with two attached hydrogens (primary N) is 1. The Morgan fingerprint density at radius 3 is 2.59 bits per heavy atom. The van der Waals surface area contributed by atoms with Crippen LogP contribution in [0.1, 0.15) is 43.1 Å². The van der Waals surface area contributed by atoms with Crippen LogP contribution in [-0.4, -0.2) is 40.2 Å². The average molecular weight is 400 g/mol. The Kier molecular flexibility index (Phi) is 6.26. The van der Waals surface area contributed by atoms with Gasteiger partial charge in [0.1, 0.15) is 6.54 Å². The Bertz CT molecular complexity index is 1000. The molecule has 0 saturated heterocycles. The summed E-state index contributed by atoms with van der Waals surface area (Å²) in [5.41, 5.74) is 4.68. The molecule has 1 aliphatic carbocycles. The number of ether oxygens (including phenoxy) is 1. The van der Waals surface area contributed by atoms with E-state index in [-0.39, 0.29) is 23.0 Å². The third kappa shape index (κ3) is 4.79. The van der Waals surface area contributed by atoms with E-state index in [4.69, 9.17) is 10.5 Å². The van der Waals surface area contributed by atoms with Crippen LogP contribution in [-0.2, 0) is 20.9 Å². The molecule has 29 heavy (non-hydrogen) atoms.